The van der Waals surface area contributed by atoms with Crippen LogP contribution in [0.25, 0.3) is 33.5 Å². The summed E-state index contributed by atoms with van der Waals surface area (Å²) in [7, 11) is 0. The van der Waals surface area contributed by atoms with Gasteiger partial charge in [-0.1, -0.05) is 123 Å². The molecule has 4 heterocycles. The Balaban J connectivity index is 0.000000392. The van der Waals surface area contributed by atoms with E-state index in [1.54, 1.807) is 0 Å². The van der Waals surface area contributed by atoms with Crippen LogP contribution in [0.4, 0.5) is 0 Å². The van der Waals surface area contributed by atoms with Crippen LogP contribution in [-0.2, 0) is 38.3 Å². The molecular weight excluding hydrogens is 710 g/mol. The zero-order valence-corrected chi connectivity index (χ0v) is 30.0. The number of benzene rings is 1. The normalized spacial score (nSPS) is 11.9. The van der Waals surface area contributed by atoms with Crippen LogP contribution >= 0.6 is 0 Å². The van der Waals surface area contributed by atoms with Gasteiger partial charge in [-0.05, 0) is 52.8 Å². The van der Waals surface area contributed by atoms with Gasteiger partial charge >= 0.3 is 21.1 Å². The van der Waals surface area contributed by atoms with Crippen LogP contribution in [0, 0.1) is 12.8 Å². The number of aryl methyl sites for hydroxylation is 1. The molecule has 4 aromatic heterocycles. The van der Waals surface area contributed by atoms with E-state index in [0.717, 1.165) is 51.4 Å². The number of pyridine rings is 2. The largest absolute Gasteiger partial charge is 2.00 e. The van der Waals surface area contributed by atoms with Gasteiger partial charge in [-0.2, -0.15) is 5.69 Å². The quantitative estimate of drug-likeness (QED) is 0.179. The van der Waals surface area contributed by atoms with Gasteiger partial charge in [0.1, 0.15) is 0 Å². The van der Waals surface area contributed by atoms with E-state index >= 15 is 0 Å². The van der Waals surface area contributed by atoms with Crippen molar-refractivity contribution < 1.29 is 21.1 Å². The van der Waals surface area contributed by atoms with Crippen LogP contribution in [-0.4, -0.2) is 15.1 Å². The maximum Gasteiger partial charge on any atom is 2.00 e. The Hall–Kier alpha value is -3.04. The molecule has 6 heteroatoms. The van der Waals surface area contributed by atoms with E-state index in [1.807, 2.05) is 12.4 Å². The molecule has 0 amide bonds. The second-order valence-electron chi connectivity index (χ2n) is 14.1. The molecule has 0 spiro atoms. The maximum atomic E-state index is 5.15. The van der Waals surface area contributed by atoms with E-state index in [4.69, 9.17) is 9.97 Å². The summed E-state index contributed by atoms with van der Waals surface area (Å²) in [6.45, 7) is 24.2. The number of hydrogen-bond acceptors (Lipinski definition) is 3. The first-order valence-electron chi connectivity index (χ1n) is 15.1. The van der Waals surface area contributed by atoms with E-state index in [-0.39, 0.29) is 31.9 Å². The third kappa shape index (κ3) is 8.12. The van der Waals surface area contributed by atoms with Crippen LogP contribution < -0.4 is 10.1 Å². The van der Waals surface area contributed by atoms with Gasteiger partial charge in [-0.15, -0.1) is 5.69 Å². The van der Waals surface area contributed by atoms with Gasteiger partial charge in [-0.25, -0.2) is 0 Å². The van der Waals surface area contributed by atoms with Crippen molar-refractivity contribution in [2.75, 3.05) is 0 Å². The second-order valence-corrected chi connectivity index (χ2v) is 14.1. The predicted molar refractivity (Wildman–Crippen MR) is 176 cm³/mol. The van der Waals surface area contributed by atoms with Crippen molar-refractivity contribution >= 4 is 10.8 Å². The van der Waals surface area contributed by atoms with Crippen molar-refractivity contribution in [3.05, 3.63) is 89.0 Å². The van der Waals surface area contributed by atoms with E-state index in [9.17, 15) is 0 Å². The predicted octanol–water partition coefficient (Wildman–Crippen LogP) is 9.18. The second kappa shape index (κ2) is 13.7. The summed E-state index contributed by atoms with van der Waals surface area (Å²) in [6.07, 6.45) is 4.71. The molecule has 0 bridgehead atoms. The molecule has 5 nitrogen and oxygen atoms in total. The fraction of sp³-hybridized carbons (Fsp3) is 0.432. The first-order valence-corrected chi connectivity index (χ1v) is 15.1. The summed E-state index contributed by atoms with van der Waals surface area (Å²) in [6, 6.07) is 16.8. The Morgan fingerprint density at radius 1 is 0.837 bits per heavy atom. The Morgan fingerprint density at radius 3 is 2.02 bits per heavy atom. The van der Waals surface area contributed by atoms with Crippen LogP contribution in [0.15, 0.2) is 60.9 Å². The molecule has 5 rings (SSSR count). The molecule has 0 atom stereocenters. The fourth-order valence-electron chi connectivity index (χ4n) is 5.26. The fourth-order valence-corrected chi connectivity index (χ4v) is 5.26. The Kier molecular flexibility index (Phi) is 11.0. The zero-order valence-electron chi connectivity index (χ0n) is 27.7. The van der Waals surface area contributed by atoms with E-state index in [0.29, 0.717) is 11.8 Å². The van der Waals surface area contributed by atoms with Crippen molar-refractivity contribution in [3.8, 4) is 22.8 Å². The average Bonchev–Trinajstić information content (AvgIpc) is 3.54. The number of aromatic nitrogens is 5. The molecule has 230 valence electrons. The zero-order chi connectivity index (χ0) is 30.8. The molecule has 5 aromatic rings. The molecule has 0 unspecified atom stereocenters. The molecule has 0 saturated heterocycles. The molecule has 1 aromatic carbocycles. The van der Waals surface area contributed by atoms with E-state index < -0.39 is 0 Å². The number of hydrogen-bond donors (Lipinski definition) is 0. The number of rotatable bonds is 5. The van der Waals surface area contributed by atoms with Crippen molar-refractivity contribution in [3.63, 3.8) is 0 Å². The monoisotopic (exact) mass is 756 g/mol. The van der Waals surface area contributed by atoms with Crippen LogP contribution in [0.5, 0.6) is 0 Å². The van der Waals surface area contributed by atoms with Gasteiger partial charge in [-0.3, -0.25) is 9.97 Å². The third-order valence-corrected chi connectivity index (χ3v) is 7.57. The minimum Gasteiger partial charge on any atom is -0.659 e. The summed E-state index contributed by atoms with van der Waals surface area (Å²) in [4.78, 5) is 14.1. The first kappa shape index (κ1) is 34.4. The van der Waals surface area contributed by atoms with Crippen molar-refractivity contribution in [1.82, 2.24) is 25.1 Å². The van der Waals surface area contributed by atoms with E-state index in [1.165, 1.54) is 16.7 Å². The topological polar surface area (TPSA) is 66.9 Å². The summed E-state index contributed by atoms with van der Waals surface area (Å²) in [5, 5.41) is 11.2. The summed E-state index contributed by atoms with van der Waals surface area (Å²) in [5.74, 6) is 0.960. The van der Waals surface area contributed by atoms with Crippen LogP contribution in [0.2, 0.25) is 0 Å². The van der Waals surface area contributed by atoms with Gasteiger partial charge in [0.05, 0.1) is 5.69 Å². The minimum atomic E-state index is -0.0560. The summed E-state index contributed by atoms with van der Waals surface area (Å²) in [5.41, 5.74) is 9.97. The standard InChI is InChI=1S/C28H34N4.C9H13N.Pt/c1-16(2)13-21-18(5)29-27(25(21)17(3)4)22-14-19-11-9-10-12-20(19)26(30-22)23-15-24(32-31-23)28(6,7)8;1-9(2,3)8-4-6-10-7-5-8;/h9-12,14-17H,13H2,1-8H3;4-7H,1-3H3;/q-2;;+2. The number of nitrogens with zero attached hydrogens (tertiary/aromatic N) is 5. The summed E-state index contributed by atoms with van der Waals surface area (Å²) >= 11 is 0. The smallest absolute Gasteiger partial charge is 0.659 e. The molecule has 0 fully saturated rings. The minimum absolute atomic E-state index is 0. The molecule has 0 aliphatic carbocycles. The number of fused-ring (bicyclic) bond motifs is 1. The third-order valence-electron chi connectivity index (χ3n) is 7.57. The first-order chi connectivity index (χ1) is 19.7. The van der Waals surface area contributed by atoms with Crippen LogP contribution in [0.1, 0.15) is 103 Å². The molecular formula is C37H47N5Pt. The van der Waals surface area contributed by atoms with Crippen molar-refractivity contribution in [2.24, 2.45) is 5.92 Å². The summed E-state index contributed by atoms with van der Waals surface area (Å²) < 4.78 is 0. The SMILES string of the molecule is CC(C)(C)c1ccncc1.Cc1[n-]c(-c2cc3ccccc3c(-c3cc(C(C)(C)C)n[n-]3)n2)c(C(C)C)c1CC(C)C.[Pt+2]. The maximum absolute atomic E-state index is 5.15. The average molecular weight is 757 g/mol. The molecule has 0 N–H and O–H groups in total. The molecule has 0 aliphatic rings. The van der Waals surface area contributed by atoms with Crippen molar-refractivity contribution in [1.29, 1.82) is 0 Å². The molecule has 0 aliphatic heterocycles. The van der Waals surface area contributed by atoms with Crippen LogP contribution in [0.3, 0.4) is 0 Å². The van der Waals surface area contributed by atoms with Gasteiger partial charge < -0.3 is 15.2 Å². The Morgan fingerprint density at radius 2 is 1.49 bits per heavy atom. The van der Waals surface area contributed by atoms with Gasteiger partial charge in [0.15, 0.2) is 0 Å². The van der Waals surface area contributed by atoms with E-state index in [2.05, 4.69) is 140 Å². The van der Waals surface area contributed by atoms with Gasteiger partial charge in [0.2, 0.25) is 0 Å². The Bertz CT molecular complexity index is 1630. The Labute approximate surface area is 273 Å². The van der Waals surface area contributed by atoms with Gasteiger partial charge in [0, 0.05) is 34.6 Å². The molecule has 0 radical (unpaired) electrons. The van der Waals surface area contributed by atoms with Gasteiger partial charge in [0.25, 0.3) is 0 Å². The molecule has 43 heavy (non-hydrogen) atoms. The van der Waals surface area contributed by atoms with Crippen molar-refractivity contribution in [2.45, 2.75) is 99.3 Å². The molecule has 0 saturated carbocycles.